The minimum absolute atomic E-state index is 0.00801. The van der Waals surface area contributed by atoms with Crippen molar-refractivity contribution in [3.05, 3.63) is 250 Å². The average Bonchev–Trinajstić information content (AvgIpc) is 1.44. The maximum Gasteiger partial charge on any atom is 0.416 e. The van der Waals surface area contributed by atoms with E-state index in [9.17, 15) is 46.3 Å². The molecule has 7 atom stereocenters. The van der Waals surface area contributed by atoms with E-state index in [2.05, 4.69) is 63.1 Å². The Morgan fingerprint density at radius 1 is 0.472 bits per heavy atom. The van der Waals surface area contributed by atoms with Crippen molar-refractivity contribution in [2.75, 3.05) is 65.4 Å². The van der Waals surface area contributed by atoms with E-state index in [-0.39, 0.29) is 90.9 Å². The number of carbonyl (C=O) groups excluding carboxylic acids is 6. The first-order valence-electron chi connectivity index (χ1n) is 37.5. The molecule has 9 aromatic carbocycles. The standard InChI is InChI=1S/C30H38N4O2.C28H30F4N4O2.C27H31ClN4O2/c1-2-22(23-9-4-3-5-10-23)21-34-18-16-27(33-28(30(34)36)13-8-17-31)20-32-29(35)26-15-14-24-11-6-7-12-25(24)19-26;29-23-13-18(12-22(15-23)28(30,31)32)17-36-11-9-24(35-25(27(36)38)6-3-10-33)16-34-26(37)21-8-7-19-4-1-2-5-20(19)14-21;28-23-11-7-19(8-12-23)18-32-15-13-24(31-25(27(32)34)6-3-14-29)17-30-26(33)22-10-9-20-4-1-2-5-21(20)16-22/h3-7,9-12,14-15,19,22,27-28,33H,2,8,13,16-18,20-21,31H2,1H3,(H,32,35);1-2,4-5,7-8,12-15,24-25,35H,3,6,9-11,16-17,33H2,(H,34,37);1-2,4-5,7-12,16,24-25,31H,3,6,13-15,17-18,29H2,(H,30,33)/t22?,27-,28-;2*24-,25-/m000/s1. The molecule has 0 radical (unpaired) electrons. The third-order valence-electron chi connectivity index (χ3n) is 20.2. The molecule has 12 N–H and O–H groups in total. The zero-order valence-corrected chi connectivity index (χ0v) is 61.8. The second-order valence-corrected chi connectivity index (χ2v) is 28.5. The van der Waals surface area contributed by atoms with Gasteiger partial charge in [0.25, 0.3) is 17.7 Å². The molecule has 0 saturated carbocycles. The molecule has 1 unspecified atom stereocenters. The van der Waals surface area contributed by atoms with Crippen molar-refractivity contribution in [1.82, 2.24) is 46.6 Å². The Morgan fingerprint density at radius 2 is 0.843 bits per heavy atom. The topological polar surface area (TPSA) is 262 Å². The lowest BCUT2D eigenvalue weighted by molar-refractivity contribution is -0.138. The molecule has 3 aliphatic rings. The lowest BCUT2D eigenvalue weighted by atomic mass is 9.95. The molecule has 3 fully saturated rings. The summed E-state index contributed by atoms with van der Waals surface area (Å²) in [5.41, 5.74) is 20.2. The number of carbonyl (C=O) groups is 6. The van der Waals surface area contributed by atoms with Crippen molar-refractivity contribution >= 4 is 79.4 Å². The number of hydrogen-bond acceptors (Lipinski definition) is 12. The number of hydrogen-bond donors (Lipinski definition) is 9. The SMILES string of the molecule is CCC(CN1CC[C@@H](CNC(=O)c2ccc3ccccc3c2)N[C@@H](CCCN)C1=O)c1ccccc1.NCCC[C@@H]1N[C@H](CNC(=O)c2ccc3ccccc3c2)CCN(Cc2cc(F)cc(C(F)(F)F)c2)C1=O.NCCC[C@@H]1N[C@H](CNC(=O)c2ccc3ccccc3c2)CCN(Cc2ccc(Cl)cc2)C1=O. The van der Waals surface area contributed by atoms with E-state index in [4.69, 9.17) is 28.8 Å². The van der Waals surface area contributed by atoms with Crippen molar-refractivity contribution in [2.24, 2.45) is 17.2 Å². The second-order valence-electron chi connectivity index (χ2n) is 28.0. The maximum absolute atomic E-state index is 13.9. The highest BCUT2D eigenvalue weighted by atomic mass is 35.5. The highest BCUT2D eigenvalue weighted by Gasteiger charge is 2.36. The van der Waals surface area contributed by atoms with Gasteiger partial charge in [-0.3, -0.25) is 28.8 Å². The van der Waals surface area contributed by atoms with Crippen LogP contribution in [0.4, 0.5) is 17.6 Å². The van der Waals surface area contributed by atoms with E-state index in [1.165, 1.54) is 10.5 Å². The summed E-state index contributed by atoms with van der Waals surface area (Å²) in [5.74, 6) is -1.24. The van der Waals surface area contributed by atoms with Crippen LogP contribution >= 0.6 is 11.6 Å². The van der Waals surface area contributed by atoms with Gasteiger partial charge in [0.1, 0.15) is 5.82 Å². The number of nitrogens with two attached hydrogens (primary N) is 3. The Bertz CT molecular complexity index is 4480. The number of halogens is 5. The number of nitrogens with one attached hydrogen (secondary N) is 6. The fraction of sp³-hybridized carbons (Fsp3) is 0.365. The highest BCUT2D eigenvalue weighted by Crippen LogP contribution is 2.32. The number of nitrogens with zero attached hydrogens (tertiary/aromatic N) is 3. The second kappa shape index (κ2) is 40.0. The van der Waals surface area contributed by atoms with Crippen LogP contribution in [0.2, 0.25) is 5.02 Å². The Kier molecular flexibility index (Phi) is 29.9. The Labute approximate surface area is 634 Å². The first-order valence-corrected chi connectivity index (χ1v) is 37.9. The predicted octanol–water partition coefficient (Wildman–Crippen LogP) is 12.0. The third kappa shape index (κ3) is 23.2. The summed E-state index contributed by atoms with van der Waals surface area (Å²) in [5, 5.41) is 26.3. The van der Waals surface area contributed by atoms with Crippen LogP contribution in [0, 0.1) is 5.82 Å². The molecule has 0 aliphatic carbocycles. The quantitative estimate of drug-likeness (QED) is 0.0229. The zero-order valence-electron chi connectivity index (χ0n) is 61.1. The molecule has 0 aromatic heterocycles. The number of alkyl halides is 3. The van der Waals surface area contributed by atoms with Gasteiger partial charge in [-0.15, -0.1) is 0 Å². The molecule has 3 heterocycles. The van der Waals surface area contributed by atoms with Crippen molar-refractivity contribution in [1.29, 1.82) is 0 Å². The Balaban J connectivity index is 0.000000173. The monoisotopic (exact) mass is 1490 g/mol. The van der Waals surface area contributed by atoms with Crippen molar-refractivity contribution in [3.63, 3.8) is 0 Å². The van der Waals surface area contributed by atoms with Gasteiger partial charge < -0.3 is 63.8 Å². The lowest BCUT2D eigenvalue weighted by Gasteiger charge is -2.28. The van der Waals surface area contributed by atoms with Crippen LogP contribution < -0.4 is 49.1 Å². The van der Waals surface area contributed by atoms with Crippen LogP contribution in [0.1, 0.15) is 130 Å². The van der Waals surface area contributed by atoms with Crippen molar-refractivity contribution < 1.29 is 46.3 Å². The number of fused-ring (bicyclic) bond motifs is 3. The van der Waals surface area contributed by atoms with Crippen LogP contribution in [-0.4, -0.2) is 152 Å². The molecule has 12 rings (SSSR count). The average molecular weight is 1500 g/mol. The van der Waals surface area contributed by atoms with Crippen LogP contribution in [0.15, 0.2) is 200 Å². The summed E-state index contributed by atoms with van der Waals surface area (Å²) in [6.45, 7) is 7.41. The van der Waals surface area contributed by atoms with Gasteiger partial charge in [0.15, 0.2) is 0 Å². The van der Waals surface area contributed by atoms with E-state index >= 15 is 0 Å². The van der Waals surface area contributed by atoms with E-state index < -0.39 is 23.6 Å². The van der Waals surface area contributed by atoms with E-state index in [0.29, 0.717) is 125 Å². The number of amides is 6. The van der Waals surface area contributed by atoms with Crippen LogP contribution in [-0.2, 0) is 33.6 Å². The van der Waals surface area contributed by atoms with Gasteiger partial charge in [-0.2, -0.15) is 13.2 Å². The van der Waals surface area contributed by atoms with Crippen LogP contribution in [0.3, 0.4) is 0 Å². The fourth-order valence-corrected chi connectivity index (χ4v) is 14.3. The van der Waals surface area contributed by atoms with E-state index in [1.54, 1.807) is 6.07 Å². The maximum atomic E-state index is 13.9. The summed E-state index contributed by atoms with van der Waals surface area (Å²) in [7, 11) is 0. The smallest absolute Gasteiger partial charge is 0.350 e. The molecule has 23 heteroatoms. The molecular weight excluding hydrogens is 1400 g/mol. The van der Waals surface area contributed by atoms with Gasteiger partial charge in [0, 0.05) is 105 Å². The molecule has 3 saturated heterocycles. The largest absolute Gasteiger partial charge is 0.416 e. The highest BCUT2D eigenvalue weighted by molar-refractivity contribution is 6.30. The minimum atomic E-state index is -4.70. The summed E-state index contributed by atoms with van der Waals surface area (Å²) in [4.78, 5) is 83.9. The lowest BCUT2D eigenvalue weighted by Crippen LogP contribution is -2.49. The Hall–Kier alpha value is -9.65. The molecule has 9 aromatic rings. The summed E-state index contributed by atoms with van der Waals surface area (Å²) < 4.78 is 53.4. The minimum Gasteiger partial charge on any atom is -0.350 e. The first kappa shape index (κ1) is 80.9. The van der Waals surface area contributed by atoms with Crippen LogP contribution in [0.25, 0.3) is 32.3 Å². The van der Waals surface area contributed by atoms with Crippen molar-refractivity contribution in [2.45, 2.75) is 133 Å². The van der Waals surface area contributed by atoms with Gasteiger partial charge in [-0.1, -0.05) is 152 Å². The summed E-state index contributed by atoms with van der Waals surface area (Å²) in [6.07, 6.45) is 2.15. The molecule has 0 spiro atoms. The van der Waals surface area contributed by atoms with E-state index in [0.717, 1.165) is 82.1 Å². The molecule has 108 heavy (non-hydrogen) atoms. The molecule has 3 aliphatic heterocycles. The van der Waals surface area contributed by atoms with Crippen LogP contribution in [0.5, 0.6) is 0 Å². The number of rotatable bonds is 26. The fourth-order valence-electron chi connectivity index (χ4n) is 14.2. The molecular formula is C85H99ClF4N12O6. The number of benzene rings is 9. The molecule has 18 nitrogen and oxygen atoms in total. The van der Waals surface area contributed by atoms with Gasteiger partial charge >= 0.3 is 6.18 Å². The Morgan fingerprint density at radius 3 is 1.23 bits per heavy atom. The molecule has 6 amide bonds. The summed E-state index contributed by atoms with van der Waals surface area (Å²) >= 11 is 6.01. The normalized spacial score (nSPS) is 18.8. The third-order valence-corrected chi connectivity index (χ3v) is 20.4. The first-order chi connectivity index (χ1) is 52.2. The van der Waals surface area contributed by atoms with Gasteiger partial charge in [0.05, 0.1) is 23.7 Å². The van der Waals surface area contributed by atoms with Gasteiger partial charge in [0.2, 0.25) is 17.7 Å². The predicted molar refractivity (Wildman–Crippen MR) is 419 cm³/mol. The van der Waals surface area contributed by atoms with Gasteiger partial charge in [-0.05, 0) is 200 Å². The molecule has 0 bridgehead atoms. The molecule has 570 valence electrons. The van der Waals surface area contributed by atoms with Gasteiger partial charge in [-0.25, -0.2) is 4.39 Å². The van der Waals surface area contributed by atoms with E-state index in [1.807, 2.05) is 161 Å². The zero-order chi connectivity index (χ0) is 76.5. The van der Waals surface area contributed by atoms with Crippen molar-refractivity contribution in [3.8, 4) is 0 Å². The summed E-state index contributed by atoms with van der Waals surface area (Å²) in [6, 6.07) is 59.5.